The highest BCUT2D eigenvalue weighted by Gasteiger charge is 2.17. The second kappa shape index (κ2) is 7.34. The van der Waals surface area contributed by atoms with E-state index in [2.05, 4.69) is 13.8 Å². The Labute approximate surface area is 118 Å². The van der Waals surface area contributed by atoms with Crippen molar-refractivity contribution in [2.75, 3.05) is 6.61 Å². The topological polar surface area (TPSA) is 52.4 Å². The molecule has 0 aliphatic heterocycles. The smallest absolute Gasteiger partial charge is 0.310 e. The summed E-state index contributed by atoms with van der Waals surface area (Å²) in [5.41, 5.74) is 0.971. The van der Waals surface area contributed by atoms with Gasteiger partial charge in [-0.1, -0.05) is 26.8 Å². The zero-order valence-electron chi connectivity index (χ0n) is 11.6. The molecule has 0 aliphatic carbocycles. The minimum atomic E-state index is -0.421. The third kappa shape index (κ3) is 4.71. The maximum Gasteiger partial charge on any atom is 0.310 e. The fourth-order valence-electron chi connectivity index (χ4n) is 1.62. The Balaban J connectivity index is 2.93. The van der Waals surface area contributed by atoms with Gasteiger partial charge in [-0.15, -0.1) is 11.6 Å². The van der Waals surface area contributed by atoms with Crippen LogP contribution in [0.25, 0.3) is 0 Å². The van der Waals surface area contributed by atoms with Crippen molar-refractivity contribution in [2.24, 2.45) is 5.92 Å². The molecule has 0 aromatic heterocycles. The van der Waals surface area contributed by atoms with E-state index in [1.165, 1.54) is 6.07 Å². The van der Waals surface area contributed by atoms with Crippen LogP contribution in [0, 0.1) is 16.0 Å². The van der Waals surface area contributed by atoms with E-state index in [1.807, 2.05) is 6.92 Å². The van der Waals surface area contributed by atoms with Crippen molar-refractivity contribution in [3.8, 4) is 5.75 Å². The van der Waals surface area contributed by atoms with E-state index in [9.17, 15) is 10.1 Å². The molecular formula is C14H20ClNO3. The predicted octanol–water partition coefficient (Wildman–Crippen LogP) is 4.19. The average Bonchev–Trinajstić information content (AvgIpc) is 2.35. The van der Waals surface area contributed by atoms with Gasteiger partial charge in [-0.3, -0.25) is 10.1 Å². The minimum Gasteiger partial charge on any atom is -0.487 e. The number of benzene rings is 1. The van der Waals surface area contributed by atoms with Crippen LogP contribution >= 0.6 is 11.6 Å². The molecule has 5 heteroatoms. The summed E-state index contributed by atoms with van der Waals surface area (Å²) >= 11 is 6.23. The summed E-state index contributed by atoms with van der Waals surface area (Å²) < 4.78 is 5.45. The Morgan fingerprint density at radius 2 is 2.11 bits per heavy atom. The summed E-state index contributed by atoms with van der Waals surface area (Å²) in [6, 6.07) is 4.96. The number of ether oxygens (including phenoxy) is 1. The maximum absolute atomic E-state index is 10.9. The second-order valence-corrected chi connectivity index (χ2v) is 5.43. The lowest BCUT2D eigenvalue weighted by Gasteiger charge is -2.14. The molecular weight excluding hydrogens is 266 g/mol. The van der Waals surface area contributed by atoms with Crippen LogP contribution in [0.2, 0.25) is 0 Å². The molecule has 0 saturated carbocycles. The van der Waals surface area contributed by atoms with Gasteiger partial charge in [0, 0.05) is 11.4 Å². The van der Waals surface area contributed by atoms with Gasteiger partial charge in [-0.2, -0.15) is 0 Å². The molecule has 0 fully saturated rings. The molecule has 0 amide bonds. The lowest BCUT2D eigenvalue weighted by Crippen LogP contribution is -2.11. The van der Waals surface area contributed by atoms with Gasteiger partial charge < -0.3 is 4.74 Å². The van der Waals surface area contributed by atoms with Gasteiger partial charge >= 0.3 is 5.69 Å². The molecule has 1 rings (SSSR count). The predicted molar refractivity (Wildman–Crippen MR) is 77.1 cm³/mol. The van der Waals surface area contributed by atoms with Gasteiger partial charge in [0.25, 0.3) is 0 Å². The minimum absolute atomic E-state index is 0.00729. The standard InChI is InChI=1S/C14H20ClNO3/c1-4-7-19-14-9-11(8-12(15)10(2)3)5-6-13(14)16(17)18/h5-6,9-10,12H,4,7-8H2,1-3H3. The molecule has 1 unspecified atom stereocenters. The molecule has 4 nitrogen and oxygen atoms in total. The van der Waals surface area contributed by atoms with E-state index < -0.39 is 4.92 Å². The molecule has 0 aliphatic rings. The summed E-state index contributed by atoms with van der Waals surface area (Å²) in [6.45, 7) is 6.54. The normalized spacial score (nSPS) is 12.5. The first kappa shape index (κ1) is 15.8. The summed E-state index contributed by atoms with van der Waals surface area (Å²) in [4.78, 5) is 10.5. The van der Waals surface area contributed by atoms with Gasteiger partial charge in [0.15, 0.2) is 5.75 Å². The summed E-state index contributed by atoms with van der Waals surface area (Å²) in [7, 11) is 0. The van der Waals surface area contributed by atoms with E-state index in [0.717, 1.165) is 12.0 Å². The molecule has 0 heterocycles. The Morgan fingerprint density at radius 3 is 2.63 bits per heavy atom. The third-order valence-electron chi connectivity index (χ3n) is 2.84. The average molecular weight is 286 g/mol. The maximum atomic E-state index is 10.9. The van der Waals surface area contributed by atoms with Crippen molar-refractivity contribution in [3.63, 3.8) is 0 Å². The first-order valence-corrected chi connectivity index (χ1v) is 6.93. The number of nitro benzene ring substituents is 1. The zero-order valence-corrected chi connectivity index (χ0v) is 12.3. The molecule has 0 saturated heterocycles. The van der Waals surface area contributed by atoms with Crippen molar-refractivity contribution in [1.82, 2.24) is 0 Å². The van der Waals surface area contributed by atoms with Crippen LogP contribution in [0.3, 0.4) is 0 Å². The lowest BCUT2D eigenvalue weighted by atomic mass is 10.0. The van der Waals surface area contributed by atoms with E-state index in [1.54, 1.807) is 12.1 Å². The van der Waals surface area contributed by atoms with Crippen LogP contribution < -0.4 is 4.74 Å². The highest BCUT2D eigenvalue weighted by atomic mass is 35.5. The third-order valence-corrected chi connectivity index (χ3v) is 3.49. The van der Waals surface area contributed by atoms with Gasteiger partial charge in [0.1, 0.15) is 0 Å². The van der Waals surface area contributed by atoms with Crippen LogP contribution in [-0.4, -0.2) is 16.9 Å². The Morgan fingerprint density at radius 1 is 1.42 bits per heavy atom. The molecule has 1 atom stereocenters. The summed E-state index contributed by atoms with van der Waals surface area (Å²) in [6.07, 6.45) is 1.49. The van der Waals surface area contributed by atoms with Crippen molar-refractivity contribution in [3.05, 3.63) is 33.9 Å². The fraction of sp³-hybridized carbons (Fsp3) is 0.571. The van der Waals surface area contributed by atoms with Crippen LogP contribution in [0.4, 0.5) is 5.69 Å². The van der Waals surface area contributed by atoms with E-state index in [-0.39, 0.29) is 11.1 Å². The molecule has 1 aromatic carbocycles. The molecule has 0 radical (unpaired) electrons. The van der Waals surface area contributed by atoms with Gasteiger partial charge in [-0.05, 0) is 30.4 Å². The van der Waals surface area contributed by atoms with Gasteiger partial charge in [-0.25, -0.2) is 0 Å². The van der Waals surface area contributed by atoms with Crippen LogP contribution in [0.5, 0.6) is 5.75 Å². The summed E-state index contributed by atoms with van der Waals surface area (Å²) in [5, 5.41) is 10.9. The first-order chi connectivity index (χ1) is 8.95. The Kier molecular flexibility index (Phi) is 6.09. The Hall–Kier alpha value is -1.29. The zero-order chi connectivity index (χ0) is 14.4. The quantitative estimate of drug-likeness (QED) is 0.429. The molecule has 0 bridgehead atoms. The van der Waals surface area contributed by atoms with Crippen molar-refractivity contribution in [1.29, 1.82) is 0 Å². The fourth-order valence-corrected chi connectivity index (χ4v) is 1.80. The number of rotatable bonds is 7. The van der Waals surface area contributed by atoms with Crippen molar-refractivity contribution < 1.29 is 9.66 Å². The van der Waals surface area contributed by atoms with Gasteiger partial charge in [0.05, 0.1) is 11.5 Å². The number of hydrogen-bond acceptors (Lipinski definition) is 3. The molecule has 0 spiro atoms. The van der Waals surface area contributed by atoms with Crippen molar-refractivity contribution in [2.45, 2.75) is 39.0 Å². The highest BCUT2D eigenvalue weighted by molar-refractivity contribution is 6.20. The summed E-state index contributed by atoms with van der Waals surface area (Å²) in [5.74, 6) is 0.689. The molecule has 1 aromatic rings. The SMILES string of the molecule is CCCOc1cc(CC(Cl)C(C)C)ccc1[N+](=O)[O-]. The lowest BCUT2D eigenvalue weighted by molar-refractivity contribution is -0.385. The van der Waals surface area contributed by atoms with Gasteiger partial charge in [0.2, 0.25) is 0 Å². The Bertz CT molecular complexity index is 435. The van der Waals surface area contributed by atoms with E-state index in [0.29, 0.717) is 24.7 Å². The highest BCUT2D eigenvalue weighted by Crippen LogP contribution is 2.29. The second-order valence-electron chi connectivity index (χ2n) is 4.87. The van der Waals surface area contributed by atoms with Crippen LogP contribution in [0.15, 0.2) is 18.2 Å². The monoisotopic (exact) mass is 285 g/mol. The number of hydrogen-bond donors (Lipinski definition) is 0. The first-order valence-electron chi connectivity index (χ1n) is 6.49. The molecule has 0 N–H and O–H groups in total. The van der Waals surface area contributed by atoms with Crippen LogP contribution in [-0.2, 0) is 6.42 Å². The molecule has 106 valence electrons. The van der Waals surface area contributed by atoms with E-state index >= 15 is 0 Å². The van der Waals surface area contributed by atoms with Crippen molar-refractivity contribution >= 4 is 17.3 Å². The largest absolute Gasteiger partial charge is 0.487 e. The molecule has 19 heavy (non-hydrogen) atoms. The van der Waals surface area contributed by atoms with E-state index in [4.69, 9.17) is 16.3 Å². The number of alkyl halides is 1. The number of nitrogens with zero attached hydrogens (tertiary/aromatic N) is 1. The number of nitro groups is 1. The number of halogens is 1. The van der Waals surface area contributed by atoms with Crippen LogP contribution in [0.1, 0.15) is 32.8 Å².